The molecule has 1 rings (SSSR count). The van der Waals surface area contributed by atoms with E-state index in [1.165, 1.54) is 0 Å². The summed E-state index contributed by atoms with van der Waals surface area (Å²) < 4.78 is 26.4. The lowest BCUT2D eigenvalue weighted by atomic mass is 10.1. The number of aliphatic imine (C=N–C) groups is 1. The fraction of sp³-hybridized carbons (Fsp3) is 0.417. The lowest BCUT2D eigenvalue weighted by Gasteiger charge is -2.21. The first kappa shape index (κ1) is 14.9. The Morgan fingerprint density at radius 3 is 2.44 bits per heavy atom. The maximum absolute atomic E-state index is 13.1. The molecule has 6 heteroatoms. The van der Waals surface area contributed by atoms with Crippen molar-refractivity contribution >= 4 is 21.9 Å². The second-order valence-electron chi connectivity index (χ2n) is 4.93. The van der Waals surface area contributed by atoms with Crippen molar-refractivity contribution in [3.8, 4) is 0 Å². The monoisotopic (exact) mass is 319 g/mol. The predicted molar refractivity (Wildman–Crippen MR) is 72.3 cm³/mol. The zero-order chi connectivity index (χ0) is 13.9. The largest absolute Gasteiger partial charge is 0.370 e. The molecule has 0 aliphatic heterocycles. The van der Waals surface area contributed by atoms with Gasteiger partial charge in [-0.15, -0.1) is 0 Å². The van der Waals surface area contributed by atoms with E-state index in [0.717, 1.165) is 12.1 Å². The minimum Gasteiger partial charge on any atom is -0.370 e. The molecule has 1 aromatic carbocycles. The van der Waals surface area contributed by atoms with E-state index >= 15 is 0 Å². The highest BCUT2D eigenvalue weighted by atomic mass is 79.9. The van der Waals surface area contributed by atoms with Crippen LogP contribution in [0.1, 0.15) is 26.3 Å². The zero-order valence-corrected chi connectivity index (χ0v) is 12.1. The second-order valence-corrected chi connectivity index (χ2v) is 5.79. The third-order valence-corrected chi connectivity index (χ3v) is 2.75. The summed E-state index contributed by atoms with van der Waals surface area (Å²) >= 11 is 3.16. The Labute approximate surface area is 114 Å². The second kappa shape index (κ2) is 5.65. The molecule has 100 valence electrons. The molecule has 0 aliphatic carbocycles. The summed E-state index contributed by atoms with van der Waals surface area (Å²) in [6, 6.07) is 2.18. The number of guanidine groups is 1. The molecule has 0 fully saturated rings. The Kier molecular flexibility index (Phi) is 4.67. The highest BCUT2D eigenvalue weighted by Gasteiger charge is 2.11. The number of rotatable bonds is 2. The molecule has 0 heterocycles. The Hall–Kier alpha value is -1.17. The van der Waals surface area contributed by atoms with Gasteiger partial charge in [0.1, 0.15) is 0 Å². The van der Waals surface area contributed by atoms with Gasteiger partial charge in [-0.1, -0.05) is 15.9 Å². The molecule has 0 bridgehead atoms. The van der Waals surface area contributed by atoms with Crippen molar-refractivity contribution in [2.45, 2.75) is 32.9 Å². The summed E-state index contributed by atoms with van der Waals surface area (Å²) in [6.45, 7) is 6.02. The molecule has 3 nitrogen and oxygen atoms in total. The van der Waals surface area contributed by atoms with Crippen molar-refractivity contribution in [2.24, 2.45) is 10.7 Å². The Morgan fingerprint density at radius 2 is 1.89 bits per heavy atom. The molecular weight excluding hydrogens is 304 g/mol. The third-order valence-electron chi connectivity index (χ3n) is 2.01. The number of nitrogens with zero attached hydrogens (tertiary/aromatic N) is 1. The van der Waals surface area contributed by atoms with Crippen LogP contribution in [-0.4, -0.2) is 11.5 Å². The van der Waals surface area contributed by atoms with Crippen molar-refractivity contribution in [3.05, 3.63) is 33.8 Å². The number of nitrogens with two attached hydrogens (primary N) is 1. The van der Waals surface area contributed by atoms with Gasteiger partial charge in [0, 0.05) is 10.0 Å². The van der Waals surface area contributed by atoms with E-state index in [-0.39, 0.29) is 18.0 Å². The average molecular weight is 320 g/mol. The van der Waals surface area contributed by atoms with E-state index in [2.05, 4.69) is 26.2 Å². The number of benzene rings is 1. The molecule has 0 radical (unpaired) electrons. The van der Waals surface area contributed by atoms with Gasteiger partial charge in [-0.05, 0) is 38.5 Å². The van der Waals surface area contributed by atoms with Crippen LogP contribution in [0.15, 0.2) is 21.6 Å². The van der Waals surface area contributed by atoms with Gasteiger partial charge in [0.05, 0.1) is 6.54 Å². The maximum Gasteiger partial charge on any atom is 0.189 e. The van der Waals surface area contributed by atoms with Gasteiger partial charge in [-0.3, -0.25) is 0 Å². The first-order valence-electron chi connectivity index (χ1n) is 5.40. The quantitative estimate of drug-likeness (QED) is 0.500. The highest BCUT2D eigenvalue weighted by molar-refractivity contribution is 9.10. The van der Waals surface area contributed by atoms with Gasteiger partial charge in [0.15, 0.2) is 17.6 Å². The van der Waals surface area contributed by atoms with Gasteiger partial charge >= 0.3 is 0 Å². The molecule has 0 aliphatic rings. The molecular formula is C12H16BrF2N3. The fourth-order valence-electron chi connectivity index (χ4n) is 1.28. The van der Waals surface area contributed by atoms with Gasteiger partial charge in [-0.25, -0.2) is 13.8 Å². The van der Waals surface area contributed by atoms with Crippen LogP contribution < -0.4 is 11.1 Å². The summed E-state index contributed by atoms with van der Waals surface area (Å²) in [5.74, 6) is -1.53. The Balaban J connectivity index is 2.80. The maximum atomic E-state index is 13.1. The SMILES string of the molecule is CC(C)(C)NC(N)=NCc1cc(F)c(F)cc1Br. The third kappa shape index (κ3) is 4.60. The van der Waals surface area contributed by atoms with E-state index in [9.17, 15) is 8.78 Å². The lowest BCUT2D eigenvalue weighted by Crippen LogP contribution is -2.44. The fourth-order valence-corrected chi connectivity index (χ4v) is 1.72. The van der Waals surface area contributed by atoms with Crippen LogP contribution in [0.5, 0.6) is 0 Å². The van der Waals surface area contributed by atoms with Gasteiger partial charge in [-0.2, -0.15) is 0 Å². The normalized spacial score (nSPS) is 12.7. The minimum absolute atomic E-state index is 0.173. The summed E-state index contributed by atoms with van der Waals surface area (Å²) in [4.78, 5) is 4.08. The van der Waals surface area contributed by atoms with Crippen molar-refractivity contribution in [1.29, 1.82) is 0 Å². The molecule has 3 N–H and O–H groups in total. The van der Waals surface area contributed by atoms with Crippen LogP contribution in [-0.2, 0) is 6.54 Å². The standard InChI is InChI=1S/C12H16BrF2N3/c1-12(2,3)18-11(16)17-6-7-4-9(14)10(15)5-8(7)13/h4-5H,6H2,1-3H3,(H3,16,17,18). The number of hydrogen-bond donors (Lipinski definition) is 2. The number of nitrogens with one attached hydrogen (secondary N) is 1. The van der Waals surface area contributed by atoms with E-state index < -0.39 is 11.6 Å². The zero-order valence-electron chi connectivity index (χ0n) is 10.5. The van der Waals surface area contributed by atoms with Crippen LogP contribution in [0.2, 0.25) is 0 Å². The number of hydrogen-bond acceptors (Lipinski definition) is 1. The van der Waals surface area contributed by atoms with E-state index in [4.69, 9.17) is 5.73 Å². The average Bonchev–Trinajstić information content (AvgIpc) is 2.19. The molecule has 0 saturated carbocycles. The summed E-state index contributed by atoms with van der Waals surface area (Å²) in [5.41, 5.74) is 6.02. The van der Waals surface area contributed by atoms with Gasteiger partial charge < -0.3 is 11.1 Å². The lowest BCUT2D eigenvalue weighted by molar-refractivity contribution is 0.505. The molecule has 0 spiro atoms. The Morgan fingerprint density at radius 1 is 1.33 bits per heavy atom. The molecule has 1 aromatic rings. The van der Waals surface area contributed by atoms with Crippen LogP contribution >= 0.6 is 15.9 Å². The predicted octanol–water partition coefficient (Wildman–Crippen LogP) is 2.93. The van der Waals surface area contributed by atoms with Crippen molar-refractivity contribution in [3.63, 3.8) is 0 Å². The summed E-state index contributed by atoms with van der Waals surface area (Å²) in [5, 5.41) is 2.98. The first-order chi connectivity index (χ1) is 8.19. The molecule has 0 saturated heterocycles. The Bertz CT molecular complexity index is 467. The van der Waals surface area contributed by atoms with Gasteiger partial charge in [0.2, 0.25) is 0 Å². The van der Waals surface area contributed by atoms with Gasteiger partial charge in [0.25, 0.3) is 0 Å². The summed E-state index contributed by atoms with van der Waals surface area (Å²) in [7, 11) is 0. The van der Waals surface area contributed by atoms with Crippen molar-refractivity contribution in [1.82, 2.24) is 5.32 Å². The number of halogens is 3. The topological polar surface area (TPSA) is 50.4 Å². The van der Waals surface area contributed by atoms with Crippen LogP contribution in [0, 0.1) is 11.6 Å². The van der Waals surface area contributed by atoms with E-state index in [1.54, 1.807) is 0 Å². The highest BCUT2D eigenvalue weighted by Crippen LogP contribution is 2.21. The van der Waals surface area contributed by atoms with Crippen LogP contribution in [0.3, 0.4) is 0 Å². The molecule has 0 amide bonds. The molecule has 18 heavy (non-hydrogen) atoms. The van der Waals surface area contributed by atoms with Crippen molar-refractivity contribution < 1.29 is 8.78 Å². The smallest absolute Gasteiger partial charge is 0.189 e. The van der Waals surface area contributed by atoms with Crippen molar-refractivity contribution in [2.75, 3.05) is 0 Å². The summed E-state index contributed by atoms with van der Waals surface area (Å²) in [6.07, 6.45) is 0. The minimum atomic E-state index is -0.897. The molecule has 0 aromatic heterocycles. The van der Waals surface area contributed by atoms with E-state index in [0.29, 0.717) is 10.0 Å². The first-order valence-corrected chi connectivity index (χ1v) is 6.20. The molecule has 0 unspecified atom stereocenters. The van der Waals surface area contributed by atoms with Crippen LogP contribution in [0.4, 0.5) is 8.78 Å². The molecule has 0 atom stereocenters. The van der Waals surface area contributed by atoms with Crippen LogP contribution in [0.25, 0.3) is 0 Å². The van der Waals surface area contributed by atoms with E-state index in [1.807, 2.05) is 20.8 Å².